The fourth-order valence-electron chi connectivity index (χ4n) is 1.50. The molecule has 0 bridgehead atoms. The molecule has 0 aliphatic heterocycles. The second-order valence-corrected chi connectivity index (χ2v) is 7.88. The predicted octanol–water partition coefficient (Wildman–Crippen LogP) is 2.23. The van der Waals surface area contributed by atoms with Gasteiger partial charge in [0, 0.05) is 12.3 Å². The topological polar surface area (TPSA) is 81.2 Å². The molecule has 0 aliphatic rings. The van der Waals surface area contributed by atoms with E-state index in [9.17, 15) is 8.42 Å². The van der Waals surface area contributed by atoms with E-state index in [0.717, 1.165) is 5.01 Å². The van der Waals surface area contributed by atoms with Gasteiger partial charge in [0.05, 0.1) is 11.4 Å². The molecule has 2 aromatic rings. The highest BCUT2D eigenvalue weighted by Gasteiger charge is 2.09. The molecule has 6 nitrogen and oxygen atoms in total. The van der Waals surface area contributed by atoms with Crippen molar-refractivity contribution in [2.24, 2.45) is 0 Å². The quantitative estimate of drug-likeness (QED) is 0.876. The molecule has 0 radical (unpaired) electrons. The smallest absolute Gasteiger partial charge is 0.299 e. The van der Waals surface area contributed by atoms with Crippen molar-refractivity contribution in [1.82, 2.24) is 15.5 Å². The van der Waals surface area contributed by atoms with Crippen molar-refractivity contribution in [2.45, 2.75) is 31.3 Å². The van der Waals surface area contributed by atoms with Crippen molar-refractivity contribution in [3.05, 3.63) is 29.3 Å². The van der Waals surface area contributed by atoms with Crippen LogP contribution in [-0.2, 0) is 16.4 Å². The van der Waals surface area contributed by atoms with E-state index in [1.807, 2.05) is 0 Å². The van der Waals surface area contributed by atoms with E-state index in [1.54, 1.807) is 12.1 Å². The Hall–Kier alpha value is -1.51. The predicted molar refractivity (Wildman–Crippen MR) is 81.5 cm³/mol. The number of ether oxygens (including phenoxy) is 1. The van der Waals surface area contributed by atoms with E-state index in [2.05, 4.69) is 29.4 Å². The summed E-state index contributed by atoms with van der Waals surface area (Å²) in [5.74, 6) is 0.530. The van der Waals surface area contributed by atoms with E-state index in [4.69, 9.17) is 4.74 Å². The van der Waals surface area contributed by atoms with Crippen LogP contribution in [-0.4, -0.2) is 30.9 Å². The van der Waals surface area contributed by atoms with Crippen LogP contribution in [0.15, 0.2) is 29.2 Å². The molecule has 0 spiro atoms. The third-order valence-corrected chi connectivity index (χ3v) is 4.50. The molecule has 0 aliphatic carbocycles. The van der Waals surface area contributed by atoms with Gasteiger partial charge in [0.15, 0.2) is 9.84 Å². The van der Waals surface area contributed by atoms with Gasteiger partial charge in [-0.15, -0.1) is 5.10 Å². The fourth-order valence-corrected chi connectivity index (χ4v) is 2.79. The van der Waals surface area contributed by atoms with Crippen LogP contribution in [0.1, 0.15) is 18.9 Å². The molecule has 0 atom stereocenters. The average Bonchev–Trinajstić information content (AvgIpc) is 2.83. The highest BCUT2D eigenvalue weighted by atomic mass is 32.2. The number of hydrogen-bond acceptors (Lipinski definition) is 7. The molecule has 1 aromatic carbocycles. The zero-order valence-corrected chi connectivity index (χ0v) is 13.7. The van der Waals surface area contributed by atoms with Crippen molar-refractivity contribution < 1.29 is 13.2 Å². The van der Waals surface area contributed by atoms with Gasteiger partial charge in [-0.2, -0.15) is 0 Å². The van der Waals surface area contributed by atoms with Crippen LogP contribution < -0.4 is 10.1 Å². The summed E-state index contributed by atoms with van der Waals surface area (Å²) in [7, 11) is -3.19. The Morgan fingerprint density at radius 1 is 1.24 bits per heavy atom. The SMILES string of the molecule is CC(C)NCc1nnc(Oc2ccc(S(C)(=O)=O)cc2)s1. The molecule has 2 rings (SSSR count). The van der Waals surface area contributed by atoms with Gasteiger partial charge in [-0.1, -0.05) is 30.3 Å². The molecule has 114 valence electrons. The van der Waals surface area contributed by atoms with Crippen LogP contribution in [0.25, 0.3) is 0 Å². The van der Waals surface area contributed by atoms with Crippen molar-refractivity contribution >= 4 is 21.2 Å². The first-order valence-corrected chi connectivity index (χ1v) is 9.09. The van der Waals surface area contributed by atoms with Gasteiger partial charge in [-0.25, -0.2) is 8.42 Å². The summed E-state index contributed by atoms with van der Waals surface area (Å²) < 4.78 is 28.3. The molecule has 0 unspecified atom stereocenters. The average molecular weight is 327 g/mol. The van der Waals surface area contributed by atoms with Crippen LogP contribution >= 0.6 is 11.3 Å². The maximum Gasteiger partial charge on any atom is 0.299 e. The first-order valence-electron chi connectivity index (χ1n) is 6.38. The Balaban J connectivity index is 2.02. The lowest BCUT2D eigenvalue weighted by Crippen LogP contribution is -2.21. The normalized spacial score (nSPS) is 11.8. The molecule has 8 heteroatoms. The number of aromatic nitrogens is 2. The zero-order chi connectivity index (χ0) is 15.5. The van der Waals surface area contributed by atoms with Gasteiger partial charge in [-0.3, -0.25) is 0 Å². The fraction of sp³-hybridized carbons (Fsp3) is 0.385. The first kappa shape index (κ1) is 15.9. The summed E-state index contributed by atoms with van der Waals surface area (Å²) in [5.41, 5.74) is 0. The Labute approximate surface area is 128 Å². The van der Waals surface area contributed by atoms with Gasteiger partial charge in [0.1, 0.15) is 10.8 Å². The van der Waals surface area contributed by atoms with Crippen LogP contribution in [0.2, 0.25) is 0 Å². The van der Waals surface area contributed by atoms with Gasteiger partial charge in [0.2, 0.25) is 0 Å². The van der Waals surface area contributed by atoms with Crippen LogP contribution in [0.4, 0.5) is 0 Å². The van der Waals surface area contributed by atoms with Gasteiger partial charge < -0.3 is 10.1 Å². The van der Waals surface area contributed by atoms with Crippen molar-refractivity contribution in [3.8, 4) is 10.9 Å². The second-order valence-electron chi connectivity index (χ2n) is 4.84. The number of rotatable bonds is 6. The van der Waals surface area contributed by atoms with Crippen molar-refractivity contribution in [1.29, 1.82) is 0 Å². The number of nitrogens with zero attached hydrogens (tertiary/aromatic N) is 2. The van der Waals surface area contributed by atoms with Crippen molar-refractivity contribution in [2.75, 3.05) is 6.26 Å². The van der Waals surface area contributed by atoms with E-state index in [1.165, 1.54) is 29.7 Å². The maximum absolute atomic E-state index is 11.4. The molecule has 0 amide bonds. The van der Waals surface area contributed by atoms with Gasteiger partial charge in [0.25, 0.3) is 5.19 Å². The summed E-state index contributed by atoms with van der Waals surface area (Å²) >= 11 is 1.35. The summed E-state index contributed by atoms with van der Waals surface area (Å²) in [6.45, 7) is 4.76. The highest BCUT2D eigenvalue weighted by Crippen LogP contribution is 2.25. The molecule has 21 heavy (non-hydrogen) atoms. The van der Waals surface area contributed by atoms with E-state index >= 15 is 0 Å². The minimum Gasteiger partial charge on any atom is -0.430 e. The molecule has 1 heterocycles. The number of sulfone groups is 1. The Bertz CT molecular complexity index is 694. The van der Waals surface area contributed by atoms with E-state index in [0.29, 0.717) is 23.5 Å². The molecule has 0 saturated carbocycles. The lowest BCUT2D eigenvalue weighted by Gasteiger charge is -2.04. The van der Waals surface area contributed by atoms with Crippen molar-refractivity contribution in [3.63, 3.8) is 0 Å². The minimum absolute atomic E-state index is 0.258. The van der Waals surface area contributed by atoms with Crippen LogP contribution in [0.3, 0.4) is 0 Å². The first-order chi connectivity index (χ1) is 9.84. The Morgan fingerprint density at radius 2 is 1.90 bits per heavy atom. The summed E-state index contributed by atoms with van der Waals surface area (Å²) in [5, 5.41) is 12.5. The number of hydrogen-bond donors (Lipinski definition) is 1. The number of nitrogens with one attached hydrogen (secondary N) is 1. The lowest BCUT2D eigenvalue weighted by atomic mass is 10.3. The third-order valence-electron chi connectivity index (χ3n) is 2.57. The lowest BCUT2D eigenvalue weighted by molar-refractivity contribution is 0.472. The number of benzene rings is 1. The second kappa shape index (κ2) is 6.50. The Morgan fingerprint density at radius 3 is 2.48 bits per heavy atom. The molecular formula is C13H17N3O3S2. The molecule has 0 saturated heterocycles. The standard InChI is InChI=1S/C13H17N3O3S2/c1-9(2)14-8-12-15-16-13(20-12)19-10-4-6-11(7-5-10)21(3,17)18/h4-7,9,14H,8H2,1-3H3. The zero-order valence-electron chi connectivity index (χ0n) is 12.0. The minimum atomic E-state index is -3.19. The van der Waals surface area contributed by atoms with Crippen LogP contribution in [0, 0.1) is 0 Å². The maximum atomic E-state index is 11.4. The molecular weight excluding hydrogens is 310 g/mol. The Kier molecular flexibility index (Phi) is 4.92. The summed E-state index contributed by atoms with van der Waals surface area (Å²) in [6.07, 6.45) is 1.17. The molecule has 1 aromatic heterocycles. The monoisotopic (exact) mass is 327 g/mol. The summed E-state index contributed by atoms with van der Waals surface area (Å²) in [6, 6.07) is 6.59. The highest BCUT2D eigenvalue weighted by molar-refractivity contribution is 7.90. The summed E-state index contributed by atoms with van der Waals surface area (Å²) in [4.78, 5) is 0.258. The third kappa shape index (κ3) is 4.76. The van der Waals surface area contributed by atoms with E-state index < -0.39 is 9.84 Å². The van der Waals surface area contributed by atoms with Crippen LogP contribution in [0.5, 0.6) is 10.9 Å². The van der Waals surface area contributed by atoms with Gasteiger partial charge in [-0.05, 0) is 24.3 Å². The van der Waals surface area contributed by atoms with Gasteiger partial charge >= 0.3 is 0 Å². The molecule has 1 N–H and O–H groups in total. The largest absolute Gasteiger partial charge is 0.430 e. The molecule has 0 fully saturated rings. The van der Waals surface area contributed by atoms with E-state index in [-0.39, 0.29) is 4.90 Å².